The molecule has 114 valence electrons. The lowest BCUT2D eigenvalue weighted by molar-refractivity contribution is 0.174. The Balaban J connectivity index is 1.94. The summed E-state index contributed by atoms with van der Waals surface area (Å²) in [5.41, 5.74) is 5.62. The van der Waals surface area contributed by atoms with Gasteiger partial charge in [0.25, 0.3) is 0 Å². The van der Waals surface area contributed by atoms with Crippen molar-refractivity contribution < 1.29 is 5.11 Å². The van der Waals surface area contributed by atoms with E-state index in [9.17, 15) is 5.11 Å². The number of rotatable bonds is 6. The van der Waals surface area contributed by atoms with Gasteiger partial charge in [-0.25, -0.2) is 0 Å². The first-order chi connectivity index (χ1) is 10.0. The Morgan fingerprint density at radius 1 is 1.29 bits per heavy atom. The van der Waals surface area contributed by atoms with Crippen LogP contribution < -0.4 is 5.32 Å². The normalized spacial score (nSPS) is 12.6. The maximum absolute atomic E-state index is 10.2. The molecule has 0 radical (unpaired) electrons. The summed E-state index contributed by atoms with van der Waals surface area (Å²) in [7, 11) is 0. The Labute approximate surface area is 126 Å². The lowest BCUT2D eigenvalue weighted by atomic mass is 10.1. The lowest BCUT2D eigenvalue weighted by Gasteiger charge is -2.13. The van der Waals surface area contributed by atoms with E-state index in [1.165, 1.54) is 16.8 Å². The highest BCUT2D eigenvalue weighted by Crippen LogP contribution is 2.15. The van der Waals surface area contributed by atoms with Gasteiger partial charge >= 0.3 is 0 Å². The molecule has 1 heterocycles. The van der Waals surface area contributed by atoms with Crippen molar-refractivity contribution in [3.05, 3.63) is 52.3 Å². The van der Waals surface area contributed by atoms with Gasteiger partial charge in [0, 0.05) is 30.9 Å². The van der Waals surface area contributed by atoms with Crippen molar-refractivity contribution in [2.24, 2.45) is 0 Å². The van der Waals surface area contributed by atoms with Gasteiger partial charge in [-0.05, 0) is 33.3 Å². The molecular weight excluding hydrogens is 262 g/mol. The molecule has 0 aliphatic heterocycles. The average Bonchev–Trinajstić information content (AvgIpc) is 2.74. The monoisotopic (exact) mass is 287 g/mol. The molecule has 0 aliphatic carbocycles. The minimum absolute atomic E-state index is 0.480. The van der Waals surface area contributed by atoms with Gasteiger partial charge in [0.1, 0.15) is 0 Å². The molecule has 4 heteroatoms. The second-order valence-electron chi connectivity index (χ2n) is 5.53. The zero-order valence-corrected chi connectivity index (χ0v) is 13.3. The fourth-order valence-electron chi connectivity index (χ4n) is 2.63. The van der Waals surface area contributed by atoms with E-state index >= 15 is 0 Å². The fourth-order valence-corrected chi connectivity index (χ4v) is 2.63. The van der Waals surface area contributed by atoms with Gasteiger partial charge in [-0.15, -0.1) is 0 Å². The molecule has 2 N–H and O–H groups in total. The standard InChI is InChI=1S/C17H25N3O/c1-5-20-14(4)16(13(3)19-20)10-18-11-17(21)15-8-6-7-12(2)9-15/h6-9,17-18,21H,5,10-11H2,1-4H3. The van der Waals surface area contributed by atoms with Gasteiger partial charge in [-0.3, -0.25) is 4.68 Å². The first-order valence-electron chi connectivity index (χ1n) is 7.51. The van der Waals surface area contributed by atoms with Crippen molar-refractivity contribution in [2.45, 2.75) is 46.9 Å². The predicted octanol–water partition coefficient (Wildman–Crippen LogP) is 2.65. The second kappa shape index (κ2) is 6.87. The van der Waals surface area contributed by atoms with E-state index in [1.54, 1.807) is 0 Å². The summed E-state index contributed by atoms with van der Waals surface area (Å²) >= 11 is 0. The van der Waals surface area contributed by atoms with Crippen molar-refractivity contribution in [2.75, 3.05) is 6.54 Å². The number of nitrogens with zero attached hydrogens (tertiary/aromatic N) is 2. The average molecular weight is 287 g/mol. The summed E-state index contributed by atoms with van der Waals surface area (Å²) in [6.45, 7) is 10.4. The van der Waals surface area contributed by atoms with Crippen LogP contribution in [-0.2, 0) is 13.1 Å². The van der Waals surface area contributed by atoms with Crippen LogP contribution in [0.15, 0.2) is 24.3 Å². The third-order valence-corrected chi connectivity index (χ3v) is 3.90. The van der Waals surface area contributed by atoms with Crippen molar-refractivity contribution in [1.29, 1.82) is 0 Å². The number of hydrogen-bond acceptors (Lipinski definition) is 3. The van der Waals surface area contributed by atoms with Crippen LogP contribution in [0.4, 0.5) is 0 Å². The minimum atomic E-state index is -0.480. The SMILES string of the molecule is CCn1nc(C)c(CNCC(O)c2cccc(C)c2)c1C. The summed E-state index contributed by atoms with van der Waals surface area (Å²) < 4.78 is 2.02. The number of aliphatic hydroxyl groups excluding tert-OH is 1. The van der Waals surface area contributed by atoms with Gasteiger partial charge in [-0.2, -0.15) is 5.10 Å². The largest absolute Gasteiger partial charge is 0.387 e. The number of benzene rings is 1. The zero-order valence-electron chi connectivity index (χ0n) is 13.3. The highest BCUT2D eigenvalue weighted by Gasteiger charge is 2.12. The molecule has 0 aliphatic rings. The minimum Gasteiger partial charge on any atom is -0.387 e. The van der Waals surface area contributed by atoms with E-state index < -0.39 is 6.10 Å². The van der Waals surface area contributed by atoms with Gasteiger partial charge in [-0.1, -0.05) is 29.8 Å². The van der Waals surface area contributed by atoms with Gasteiger partial charge in [0.2, 0.25) is 0 Å². The molecule has 21 heavy (non-hydrogen) atoms. The highest BCUT2D eigenvalue weighted by molar-refractivity contribution is 5.25. The molecule has 0 amide bonds. The molecule has 0 spiro atoms. The number of aliphatic hydroxyl groups is 1. The summed E-state index contributed by atoms with van der Waals surface area (Å²) in [5.74, 6) is 0. The number of hydrogen-bond donors (Lipinski definition) is 2. The molecule has 2 rings (SSSR count). The van der Waals surface area contributed by atoms with Crippen molar-refractivity contribution in [3.8, 4) is 0 Å². The molecule has 4 nitrogen and oxygen atoms in total. The highest BCUT2D eigenvalue weighted by atomic mass is 16.3. The molecule has 0 bridgehead atoms. The van der Waals surface area contributed by atoms with Crippen LogP contribution in [0.1, 0.15) is 41.1 Å². The van der Waals surface area contributed by atoms with Crippen LogP contribution >= 0.6 is 0 Å². The molecule has 0 saturated carbocycles. The van der Waals surface area contributed by atoms with E-state index in [4.69, 9.17) is 0 Å². The van der Waals surface area contributed by atoms with Gasteiger partial charge < -0.3 is 10.4 Å². The summed E-state index contributed by atoms with van der Waals surface area (Å²) in [6, 6.07) is 8.01. The molecule has 0 fully saturated rings. The van der Waals surface area contributed by atoms with Crippen molar-refractivity contribution >= 4 is 0 Å². The van der Waals surface area contributed by atoms with E-state index in [0.717, 1.165) is 24.3 Å². The van der Waals surface area contributed by atoms with Crippen molar-refractivity contribution in [3.63, 3.8) is 0 Å². The third kappa shape index (κ3) is 3.71. The molecule has 0 saturated heterocycles. The van der Waals surface area contributed by atoms with Crippen LogP contribution in [0.25, 0.3) is 0 Å². The summed E-state index contributed by atoms with van der Waals surface area (Å²) in [6.07, 6.45) is -0.480. The van der Waals surface area contributed by atoms with Crippen LogP contribution in [-0.4, -0.2) is 21.4 Å². The van der Waals surface area contributed by atoms with Gasteiger partial charge in [0.05, 0.1) is 11.8 Å². The first-order valence-corrected chi connectivity index (χ1v) is 7.51. The lowest BCUT2D eigenvalue weighted by Crippen LogP contribution is -2.21. The third-order valence-electron chi connectivity index (χ3n) is 3.90. The Morgan fingerprint density at radius 3 is 2.67 bits per heavy atom. The number of aryl methyl sites for hydroxylation is 3. The maximum atomic E-state index is 10.2. The van der Waals surface area contributed by atoms with E-state index in [-0.39, 0.29) is 0 Å². The van der Waals surface area contributed by atoms with Crippen molar-refractivity contribution in [1.82, 2.24) is 15.1 Å². The summed E-state index contributed by atoms with van der Waals surface area (Å²) in [4.78, 5) is 0. The van der Waals surface area contributed by atoms with E-state index in [1.807, 2.05) is 42.8 Å². The number of aromatic nitrogens is 2. The topological polar surface area (TPSA) is 50.1 Å². The second-order valence-corrected chi connectivity index (χ2v) is 5.53. The Hall–Kier alpha value is -1.65. The Morgan fingerprint density at radius 2 is 2.05 bits per heavy atom. The quantitative estimate of drug-likeness (QED) is 0.859. The van der Waals surface area contributed by atoms with Crippen LogP contribution in [0.2, 0.25) is 0 Å². The fraction of sp³-hybridized carbons (Fsp3) is 0.471. The Bertz CT molecular complexity index is 604. The summed E-state index contributed by atoms with van der Waals surface area (Å²) in [5, 5.41) is 18.1. The molecule has 2 aromatic rings. The molecule has 1 aromatic heterocycles. The number of nitrogens with one attached hydrogen (secondary N) is 1. The van der Waals surface area contributed by atoms with Crippen LogP contribution in [0, 0.1) is 20.8 Å². The molecule has 1 atom stereocenters. The van der Waals surface area contributed by atoms with E-state index in [2.05, 4.69) is 24.3 Å². The molecule has 1 unspecified atom stereocenters. The molecular formula is C17H25N3O. The first kappa shape index (κ1) is 15.7. The van der Waals surface area contributed by atoms with Gasteiger partial charge in [0.15, 0.2) is 0 Å². The predicted molar refractivity (Wildman–Crippen MR) is 85.2 cm³/mol. The molecule has 1 aromatic carbocycles. The zero-order chi connectivity index (χ0) is 15.4. The van der Waals surface area contributed by atoms with Crippen LogP contribution in [0.3, 0.4) is 0 Å². The van der Waals surface area contributed by atoms with E-state index in [0.29, 0.717) is 6.54 Å². The smallest absolute Gasteiger partial charge is 0.0914 e. The Kier molecular flexibility index (Phi) is 5.15. The maximum Gasteiger partial charge on any atom is 0.0914 e. The van der Waals surface area contributed by atoms with Crippen LogP contribution in [0.5, 0.6) is 0 Å².